The van der Waals surface area contributed by atoms with Crippen molar-refractivity contribution in [3.63, 3.8) is 0 Å². The lowest BCUT2D eigenvalue weighted by atomic mass is 9.84. The van der Waals surface area contributed by atoms with Crippen molar-refractivity contribution < 1.29 is 27.5 Å². The van der Waals surface area contributed by atoms with Crippen molar-refractivity contribution in [3.05, 3.63) is 34.9 Å². The highest BCUT2D eigenvalue weighted by atomic mass is 35.5. The molecule has 0 aromatic heterocycles. The molecule has 2 atom stereocenters. The van der Waals surface area contributed by atoms with Crippen LogP contribution in [0.1, 0.15) is 24.4 Å². The van der Waals surface area contributed by atoms with Crippen LogP contribution in [-0.2, 0) is 9.53 Å². The van der Waals surface area contributed by atoms with Gasteiger partial charge in [0.25, 0.3) is 5.91 Å². The van der Waals surface area contributed by atoms with Gasteiger partial charge in [-0.15, -0.1) is 0 Å². The number of hydrogen-bond donors (Lipinski definition) is 1. The SMILES string of the molecule is NC(=O)C1CN([C@H](c2ccc(Cl)cc2)C2CCN(CC(F)(F)F)CC2)C(=O)O1. The second-order valence-corrected chi connectivity index (χ2v) is 7.59. The minimum Gasteiger partial charge on any atom is -0.434 e. The molecule has 0 aliphatic carbocycles. The first-order valence-corrected chi connectivity index (χ1v) is 9.33. The number of benzene rings is 1. The summed E-state index contributed by atoms with van der Waals surface area (Å²) in [4.78, 5) is 26.6. The summed E-state index contributed by atoms with van der Waals surface area (Å²) < 4.78 is 43.0. The molecule has 2 fully saturated rings. The molecule has 2 aliphatic heterocycles. The monoisotopic (exact) mass is 419 g/mol. The van der Waals surface area contributed by atoms with Crippen molar-refractivity contribution in [2.45, 2.75) is 31.2 Å². The summed E-state index contributed by atoms with van der Waals surface area (Å²) in [6, 6.07) is 6.51. The summed E-state index contributed by atoms with van der Waals surface area (Å²) in [5.41, 5.74) is 6.06. The maximum absolute atomic E-state index is 12.6. The molecule has 6 nitrogen and oxygen atoms in total. The average Bonchev–Trinajstić information content (AvgIpc) is 2.99. The molecule has 28 heavy (non-hydrogen) atoms. The summed E-state index contributed by atoms with van der Waals surface area (Å²) in [7, 11) is 0. The predicted octanol–water partition coefficient (Wildman–Crippen LogP) is 2.96. The Balaban J connectivity index is 1.79. The zero-order valence-electron chi connectivity index (χ0n) is 15.0. The molecule has 1 aromatic rings. The van der Waals surface area contributed by atoms with Gasteiger partial charge in [-0.1, -0.05) is 23.7 Å². The summed E-state index contributed by atoms with van der Waals surface area (Å²) in [6.45, 7) is -0.377. The fourth-order valence-corrected chi connectivity index (χ4v) is 4.03. The van der Waals surface area contributed by atoms with E-state index in [1.807, 2.05) is 0 Å². The van der Waals surface area contributed by atoms with E-state index in [0.717, 1.165) is 5.56 Å². The van der Waals surface area contributed by atoms with Gasteiger partial charge in [-0.05, 0) is 49.5 Å². The van der Waals surface area contributed by atoms with Gasteiger partial charge in [0, 0.05) is 5.02 Å². The summed E-state index contributed by atoms with van der Waals surface area (Å²) in [5.74, 6) is -0.810. The Labute approximate surface area is 165 Å². The number of rotatable bonds is 5. The topological polar surface area (TPSA) is 75.9 Å². The Hall–Kier alpha value is -2.00. The first-order chi connectivity index (χ1) is 13.1. The molecular weight excluding hydrogens is 399 g/mol. The number of carbonyl (C=O) groups excluding carboxylic acids is 2. The number of primary amides is 1. The Kier molecular flexibility index (Phi) is 6.04. The lowest BCUT2D eigenvalue weighted by molar-refractivity contribution is -0.149. The van der Waals surface area contributed by atoms with Gasteiger partial charge >= 0.3 is 12.3 Å². The van der Waals surface area contributed by atoms with Crippen LogP contribution in [0.5, 0.6) is 0 Å². The highest BCUT2D eigenvalue weighted by Gasteiger charge is 2.43. The lowest BCUT2D eigenvalue weighted by Gasteiger charge is -2.39. The highest BCUT2D eigenvalue weighted by Crippen LogP contribution is 2.38. The van der Waals surface area contributed by atoms with Crippen LogP contribution in [0.3, 0.4) is 0 Å². The molecule has 2 amide bonds. The summed E-state index contributed by atoms with van der Waals surface area (Å²) >= 11 is 5.96. The molecule has 2 aliphatic rings. The van der Waals surface area contributed by atoms with E-state index < -0.39 is 36.9 Å². The Bertz CT molecular complexity index is 721. The summed E-state index contributed by atoms with van der Waals surface area (Å²) in [5, 5.41) is 0.529. The van der Waals surface area contributed by atoms with Gasteiger partial charge in [-0.3, -0.25) is 14.6 Å². The molecule has 1 unspecified atom stereocenters. The minimum absolute atomic E-state index is 0.0181. The third-order valence-corrected chi connectivity index (χ3v) is 5.44. The van der Waals surface area contributed by atoms with Crippen LogP contribution in [0.15, 0.2) is 24.3 Å². The fourth-order valence-electron chi connectivity index (χ4n) is 3.90. The number of carbonyl (C=O) groups is 2. The van der Waals surface area contributed by atoms with E-state index in [0.29, 0.717) is 17.9 Å². The standard InChI is InChI=1S/C18H21ClF3N3O3/c19-13-3-1-11(2-4-13)15(25-9-14(16(23)26)28-17(25)27)12-5-7-24(8-6-12)10-18(20,21)22/h1-4,12,14-15H,5-10H2,(H2,23,26)/t14?,15-/m1/s1. The van der Waals surface area contributed by atoms with E-state index in [1.165, 1.54) is 9.80 Å². The second kappa shape index (κ2) is 8.16. The quantitative estimate of drug-likeness (QED) is 0.796. The van der Waals surface area contributed by atoms with Crippen LogP contribution in [0.25, 0.3) is 0 Å². The highest BCUT2D eigenvalue weighted by molar-refractivity contribution is 6.30. The molecular formula is C18H21ClF3N3O3. The van der Waals surface area contributed by atoms with Crippen molar-refractivity contribution in [3.8, 4) is 0 Å². The zero-order chi connectivity index (χ0) is 20.5. The molecule has 0 spiro atoms. The fraction of sp³-hybridized carbons (Fsp3) is 0.556. The van der Waals surface area contributed by atoms with Gasteiger partial charge in [-0.25, -0.2) is 4.79 Å². The number of nitrogens with zero attached hydrogens (tertiary/aromatic N) is 2. The number of amides is 2. The van der Waals surface area contributed by atoms with Gasteiger partial charge in [0.15, 0.2) is 6.10 Å². The van der Waals surface area contributed by atoms with Crippen LogP contribution in [-0.4, -0.2) is 60.3 Å². The number of likely N-dealkylation sites (tertiary alicyclic amines) is 1. The molecule has 0 saturated carbocycles. The van der Waals surface area contributed by atoms with E-state index in [9.17, 15) is 22.8 Å². The van der Waals surface area contributed by atoms with Gasteiger partial charge < -0.3 is 10.5 Å². The Morgan fingerprint density at radius 2 is 1.86 bits per heavy atom. The van der Waals surface area contributed by atoms with Crippen molar-refractivity contribution in [2.75, 3.05) is 26.2 Å². The minimum atomic E-state index is -4.24. The molecule has 154 valence electrons. The maximum Gasteiger partial charge on any atom is 0.411 e. The largest absolute Gasteiger partial charge is 0.434 e. The van der Waals surface area contributed by atoms with E-state index in [-0.39, 0.29) is 25.6 Å². The van der Waals surface area contributed by atoms with Crippen molar-refractivity contribution in [1.29, 1.82) is 0 Å². The maximum atomic E-state index is 12.6. The summed E-state index contributed by atoms with van der Waals surface area (Å²) in [6.07, 6.45) is -4.97. The van der Waals surface area contributed by atoms with E-state index in [1.54, 1.807) is 24.3 Å². The molecule has 3 rings (SSSR count). The van der Waals surface area contributed by atoms with Crippen LogP contribution in [0.4, 0.5) is 18.0 Å². The normalized spacial score (nSPS) is 22.9. The number of piperidine rings is 1. The van der Waals surface area contributed by atoms with Gasteiger partial charge in [0.05, 0.1) is 19.1 Å². The molecule has 10 heteroatoms. The third-order valence-electron chi connectivity index (χ3n) is 5.19. The first-order valence-electron chi connectivity index (χ1n) is 8.95. The zero-order valence-corrected chi connectivity index (χ0v) is 15.7. The molecule has 0 radical (unpaired) electrons. The van der Waals surface area contributed by atoms with E-state index in [4.69, 9.17) is 22.1 Å². The average molecular weight is 420 g/mol. The number of hydrogen-bond acceptors (Lipinski definition) is 4. The number of ether oxygens (including phenoxy) is 1. The Morgan fingerprint density at radius 1 is 1.25 bits per heavy atom. The molecule has 2 heterocycles. The third kappa shape index (κ3) is 4.88. The lowest BCUT2D eigenvalue weighted by Crippen LogP contribution is -2.44. The van der Waals surface area contributed by atoms with Crippen LogP contribution >= 0.6 is 11.6 Å². The van der Waals surface area contributed by atoms with Crippen molar-refractivity contribution in [1.82, 2.24) is 9.80 Å². The second-order valence-electron chi connectivity index (χ2n) is 7.15. The number of cyclic esters (lactones) is 1. The number of nitrogens with two attached hydrogens (primary N) is 1. The van der Waals surface area contributed by atoms with Crippen molar-refractivity contribution >= 4 is 23.6 Å². The first kappa shape index (κ1) is 20.7. The van der Waals surface area contributed by atoms with E-state index in [2.05, 4.69) is 0 Å². The number of halogens is 4. The molecule has 2 N–H and O–H groups in total. The van der Waals surface area contributed by atoms with E-state index >= 15 is 0 Å². The van der Waals surface area contributed by atoms with Crippen LogP contribution < -0.4 is 5.73 Å². The smallest absolute Gasteiger partial charge is 0.411 e. The Morgan fingerprint density at radius 3 is 2.36 bits per heavy atom. The number of alkyl halides is 3. The van der Waals surface area contributed by atoms with Crippen molar-refractivity contribution in [2.24, 2.45) is 11.7 Å². The van der Waals surface area contributed by atoms with Gasteiger partial charge in [-0.2, -0.15) is 13.2 Å². The molecule has 2 saturated heterocycles. The van der Waals surface area contributed by atoms with Crippen LogP contribution in [0, 0.1) is 5.92 Å². The van der Waals surface area contributed by atoms with Crippen LogP contribution in [0.2, 0.25) is 5.02 Å². The molecule has 0 bridgehead atoms. The molecule has 1 aromatic carbocycles. The van der Waals surface area contributed by atoms with Gasteiger partial charge in [0.1, 0.15) is 0 Å². The predicted molar refractivity (Wildman–Crippen MR) is 95.6 cm³/mol. The van der Waals surface area contributed by atoms with Gasteiger partial charge in [0.2, 0.25) is 0 Å².